The van der Waals surface area contributed by atoms with Crippen LogP contribution in [0.15, 0.2) is 6.07 Å². The first-order valence-corrected chi connectivity index (χ1v) is 8.72. The number of nitrogens with one attached hydrogen (secondary N) is 1. The molecule has 0 aromatic carbocycles. The molecule has 1 aliphatic rings. The van der Waals surface area contributed by atoms with Gasteiger partial charge in [-0.25, -0.2) is 23.2 Å². The molecule has 1 aromatic heterocycles. The van der Waals surface area contributed by atoms with E-state index in [0.717, 1.165) is 11.4 Å². The predicted molar refractivity (Wildman–Crippen MR) is 78.8 cm³/mol. The number of aryl methyl sites for hydroxylation is 2. The molecule has 2 rings (SSSR count). The number of nitrogens with zero attached hydrogens (tertiary/aromatic N) is 3. The minimum absolute atomic E-state index is 0.0423. The van der Waals surface area contributed by atoms with Gasteiger partial charge in [0.1, 0.15) is 5.82 Å². The van der Waals surface area contributed by atoms with E-state index in [1.807, 2.05) is 19.9 Å². The molecule has 0 saturated carbocycles. The normalized spacial score (nSPS) is 17.5. The van der Waals surface area contributed by atoms with E-state index in [4.69, 9.17) is 0 Å². The molecule has 21 heavy (non-hydrogen) atoms. The van der Waals surface area contributed by atoms with Gasteiger partial charge in [0.15, 0.2) is 9.84 Å². The third-order valence-corrected chi connectivity index (χ3v) is 4.89. The van der Waals surface area contributed by atoms with Gasteiger partial charge in [0.05, 0.1) is 11.5 Å². The number of amides is 2. The van der Waals surface area contributed by atoms with E-state index >= 15 is 0 Å². The third kappa shape index (κ3) is 4.66. The van der Waals surface area contributed by atoms with Crippen LogP contribution in [0.2, 0.25) is 0 Å². The lowest BCUT2D eigenvalue weighted by Crippen LogP contribution is -2.48. The minimum Gasteiger partial charge on any atom is -0.338 e. The molecule has 2 heterocycles. The predicted octanol–water partition coefficient (Wildman–Crippen LogP) is 0.0759. The first-order chi connectivity index (χ1) is 9.85. The lowest BCUT2D eigenvalue weighted by Gasteiger charge is -2.26. The SMILES string of the molecule is Cc1cc(C)nc(CCNC(=O)N2CCS(=O)(=O)CC2)n1. The van der Waals surface area contributed by atoms with E-state index in [2.05, 4.69) is 15.3 Å². The van der Waals surface area contributed by atoms with E-state index in [1.54, 1.807) is 0 Å². The maximum Gasteiger partial charge on any atom is 0.317 e. The van der Waals surface area contributed by atoms with E-state index in [9.17, 15) is 13.2 Å². The number of carbonyl (C=O) groups is 1. The van der Waals surface area contributed by atoms with Crippen molar-refractivity contribution >= 4 is 15.9 Å². The number of rotatable bonds is 3. The molecule has 1 saturated heterocycles. The van der Waals surface area contributed by atoms with Crippen LogP contribution >= 0.6 is 0 Å². The molecule has 7 nitrogen and oxygen atoms in total. The van der Waals surface area contributed by atoms with Crippen molar-refractivity contribution in [1.82, 2.24) is 20.2 Å². The molecule has 8 heteroatoms. The van der Waals surface area contributed by atoms with Gasteiger partial charge in [-0.05, 0) is 19.9 Å². The Morgan fingerprint density at radius 3 is 2.38 bits per heavy atom. The van der Waals surface area contributed by atoms with Crippen molar-refractivity contribution < 1.29 is 13.2 Å². The molecule has 0 atom stereocenters. The number of sulfone groups is 1. The highest BCUT2D eigenvalue weighted by Gasteiger charge is 2.24. The molecule has 1 fully saturated rings. The number of carbonyl (C=O) groups excluding carboxylic acids is 1. The number of aromatic nitrogens is 2. The van der Waals surface area contributed by atoms with Crippen molar-refractivity contribution in [1.29, 1.82) is 0 Å². The molecule has 0 aliphatic carbocycles. The Balaban J connectivity index is 1.79. The van der Waals surface area contributed by atoms with Gasteiger partial charge >= 0.3 is 6.03 Å². The zero-order valence-electron chi connectivity index (χ0n) is 12.3. The van der Waals surface area contributed by atoms with Crippen LogP contribution in [-0.2, 0) is 16.3 Å². The average molecular weight is 312 g/mol. The summed E-state index contributed by atoms with van der Waals surface area (Å²) in [5.74, 6) is 0.787. The summed E-state index contributed by atoms with van der Waals surface area (Å²) in [4.78, 5) is 22.1. The zero-order chi connectivity index (χ0) is 15.5. The summed E-state index contributed by atoms with van der Waals surface area (Å²) >= 11 is 0. The van der Waals surface area contributed by atoms with Crippen LogP contribution in [0, 0.1) is 13.8 Å². The summed E-state index contributed by atoms with van der Waals surface area (Å²) in [5, 5.41) is 2.78. The monoisotopic (exact) mass is 312 g/mol. The van der Waals surface area contributed by atoms with Crippen molar-refractivity contribution in [2.45, 2.75) is 20.3 Å². The van der Waals surface area contributed by atoms with Gasteiger partial charge < -0.3 is 10.2 Å². The molecule has 0 spiro atoms. The second-order valence-electron chi connectivity index (χ2n) is 5.19. The van der Waals surface area contributed by atoms with Gasteiger partial charge in [0.25, 0.3) is 0 Å². The van der Waals surface area contributed by atoms with Gasteiger partial charge in [0, 0.05) is 37.4 Å². The van der Waals surface area contributed by atoms with Crippen LogP contribution in [0.1, 0.15) is 17.2 Å². The lowest BCUT2D eigenvalue weighted by atomic mass is 10.3. The Kier molecular flexibility index (Phi) is 4.76. The van der Waals surface area contributed by atoms with Gasteiger partial charge in [0.2, 0.25) is 0 Å². The summed E-state index contributed by atoms with van der Waals surface area (Å²) in [6, 6.07) is 1.67. The van der Waals surface area contributed by atoms with Crippen molar-refractivity contribution in [2.75, 3.05) is 31.1 Å². The summed E-state index contributed by atoms with van der Waals surface area (Å²) < 4.78 is 22.6. The number of urea groups is 1. The zero-order valence-corrected chi connectivity index (χ0v) is 13.1. The Morgan fingerprint density at radius 1 is 1.24 bits per heavy atom. The van der Waals surface area contributed by atoms with Gasteiger partial charge in [-0.3, -0.25) is 0 Å². The standard InChI is InChI=1S/C13H20N4O3S/c1-10-9-11(2)16-12(15-10)3-4-14-13(18)17-5-7-21(19,20)8-6-17/h9H,3-8H2,1-2H3,(H,14,18). The average Bonchev–Trinajstić information content (AvgIpc) is 2.37. The molecule has 0 unspecified atom stereocenters. The second-order valence-corrected chi connectivity index (χ2v) is 7.49. The smallest absolute Gasteiger partial charge is 0.317 e. The van der Waals surface area contributed by atoms with E-state index in [0.29, 0.717) is 18.8 Å². The van der Waals surface area contributed by atoms with Crippen LogP contribution < -0.4 is 5.32 Å². The Morgan fingerprint density at radius 2 is 1.81 bits per heavy atom. The second kappa shape index (κ2) is 6.38. The summed E-state index contributed by atoms with van der Waals surface area (Å²) in [6.07, 6.45) is 0.556. The van der Waals surface area contributed by atoms with Crippen molar-refractivity contribution in [2.24, 2.45) is 0 Å². The Bertz CT molecular complexity index is 596. The summed E-state index contributed by atoms with van der Waals surface area (Å²) in [7, 11) is -2.96. The van der Waals surface area contributed by atoms with Gasteiger partial charge in [-0.1, -0.05) is 0 Å². The Hall–Kier alpha value is -1.70. The number of hydrogen-bond acceptors (Lipinski definition) is 5. The summed E-state index contributed by atoms with van der Waals surface area (Å²) in [6.45, 7) is 4.77. The lowest BCUT2D eigenvalue weighted by molar-refractivity contribution is 0.202. The first-order valence-electron chi connectivity index (χ1n) is 6.90. The molecular weight excluding hydrogens is 292 g/mol. The molecule has 2 amide bonds. The van der Waals surface area contributed by atoms with Crippen LogP contribution in [0.5, 0.6) is 0 Å². The number of hydrogen-bond donors (Lipinski definition) is 1. The molecule has 0 radical (unpaired) electrons. The van der Waals surface area contributed by atoms with Crippen molar-refractivity contribution in [3.8, 4) is 0 Å². The van der Waals surface area contributed by atoms with Gasteiger partial charge in [-0.2, -0.15) is 0 Å². The molecule has 1 N–H and O–H groups in total. The highest BCUT2D eigenvalue weighted by atomic mass is 32.2. The maximum absolute atomic E-state index is 11.9. The minimum atomic E-state index is -2.96. The Labute approximate surface area is 124 Å². The van der Waals surface area contributed by atoms with Crippen molar-refractivity contribution in [3.63, 3.8) is 0 Å². The van der Waals surface area contributed by atoms with Crippen LogP contribution in [0.4, 0.5) is 4.79 Å². The first kappa shape index (κ1) is 15.7. The highest BCUT2D eigenvalue weighted by molar-refractivity contribution is 7.91. The van der Waals surface area contributed by atoms with Crippen LogP contribution in [0.3, 0.4) is 0 Å². The third-order valence-electron chi connectivity index (χ3n) is 3.29. The fraction of sp³-hybridized carbons (Fsp3) is 0.615. The van der Waals surface area contributed by atoms with Gasteiger partial charge in [-0.15, -0.1) is 0 Å². The van der Waals surface area contributed by atoms with Crippen LogP contribution in [-0.4, -0.2) is 60.5 Å². The molecule has 0 bridgehead atoms. The maximum atomic E-state index is 11.9. The van der Waals surface area contributed by atoms with Crippen LogP contribution in [0.25, 0.3) is 0 Å². The van der Waals surface area contributed by atoms with E-state index in [-0.39, 0.29) is 30.6 Å². The fourth-order valence-corrected chi connectivity index (χ4v) is 3.42. The largest absolute Gasteiger partial charge is 0.338 e. The molecule has 1 aliphatic heterocycles. The quantitative estimate of drug-likeness (QED) is 0.853. The van der Waals surface area contributed by atoms with E-state index in [1.165, 1.54) is 4.90 Å². The summed E-state index contributed by atoms with van der Waals surface area (Å²) in [5.41, 5.74) is 1.81. The highest BCUT2D eigenvalue weighted by Crippen LogP contribution is 2.04. The molecular formula is C13H20N4O3S. The van der Waals surface area contributed by atoms with E-state index < -0.39 is 9.84 Å². The topological polar surface area (TPSA) is 92.3 Å². The van der Waals surface area contributed by atoms with Crippen molar-refractivity contribution in [3.05, 3.63) is 23.3 Å². The molecule has 116 valence electrons. The fourth-order valence-electron chi connectivity index (χ4n) is 2.22. The molecule has 1 aromatic rings.